The summed E-state index contributed by atoms with van der Waals surface area (Å²) < 4.78 is 11.2. The maximum Gasteiger partial charge on any atom is 0.137 e. The highest BCUT2D eigenvalue weighted by Crippen LogP contribution is 2.46. The first kappa shape index (κ1) is 22.8. The minimum Gasteiger partial charge on any atom is -0.456 e. The summed E-state index contributed by atoms with van der Waals surface area (Å²) in [7, 11) is 0. The van der Waals surface area contributed by atoms with Crippen LogP contribution in [0, 0.1) is 0 Å². The highest BCUT2D eigenvalue weighted by atomic mass is 16.3. The maximum absolute atomic E-state index is 6.38. The number of rotatable bonds is 2. The van der Waals surface area contributed by atoms with Gasteiger partial charge in [0.25, 0.3) is 0 Å². The second-order valence-electron chi connectivity index (χ2n) is 11.2. The summed E-state index contributed by atoms with van der Waals surface area (Å²) in [5, 5.41) is 8.17. The number of pyridine rings is 1. The third-order valence-corrected chi connectivity index (χ3v) is 8.92. The van der Waals surface area contributed by atoms with Crippen LogP contribution in [0.15, 0.2) is 144 Å². The summed E-state index contributed by atoms with van der Waals surface area (Å²) in [6.07, 6.45) is 1.91. The Labute approximate surface area is 245 Å². The first-order valence-electron chi connectivity index (χ1n) is 14.6. The van der Waals surface area contributed by atoms with Gasteiger partial charge in [0.05, 0.1) is 33.3 Å². The summed E-state index contributed by atoms with van der Waals surface area (Å²) in [5.74, 6) is 0. The average molecular weight is 550 g/mol. The van der Waals surface area contributed by atoms with E-state index in [1.807, 2.05) is 18.3 Å². The first-order chi connectivity index (χ1) is 21.4. The zero-order valence-electron chi connectivity index (χ0n) is 23.0. The first-order valence-corrected chi connectivity index (χ1v) is 14.6. The molecule has 0 fully saturated rings. The highest BCUT2D eigenvalue weighted by molar-refractivity contribution is 6.35. The Morgan fingerprint density at radius 1 is 0.442 bits per heavy atom. The van der Waals surface area contributed by atoms with Crippen molar-refractivity contribution in [3.05, 3.63) is 140 Å². The molecule has 10 rings (SSSR count). The molecule has 0 spiro atoms. The number of hydrogen-bond donors (Lipinski definition) is 0. The van der Waals surface area contributed by atoms with E-state index >= 15 is 0 Å². The van der Waals surface area contributed by atoms with Gasteiger partial charge in [0.1, 0.15) is 11.2 Å². The van der Waals surface area contributed by atoms with Crippen molar-refractivity contribution in [2.24, 2.45) is 0 Å². The van der Waals surface area contributed by atoms with Gasteiger partial charge in [0.2, 0.25) is 0 Å². The standard InChI is InChI=1S/C39H23N3O/c1-2-11-24(12-3-1)41-31-17-7-4-14-28(31)35-30-16-10-22-40-37(30)36-29-15-5-8-18-32(29)42(39(36)38(35)41)25-20-21-27-26-13-6-9-19-33(26)43-34(27)23-25/h1-23H. The third-order valence-electron chi connectivity index (χ3n) is 8.92. The second-order valence-corrected chi connectivity index (χ2v) is 11.2. The van der Waals surface area contributed by atoms with E-state index in [-0.39, 0.29) is 0 Å². The van der Waals surface area contributed by atoms with E-state index in [1.165, 1.54) is 27.2 Å². The van der Waals surface area contributed by atoms with E-state index in [1.54, 1.807) is 0 Å². The van der Waals surface area contributed by atoms with E-state index in [0.29, 0.717) is 0 Å². The normalized spacial score (nSPS) is 12.2. The Kier molecular flexibility index (Phi) is 4.42. The molecule has 0 aliphatic carbocycles. The Balaban J connectivity index is 1.49. The Morgan fingerprint density at radius 3 is 1.86 bits per heavy atom. The molecule has 0 atom stereocenters. The Hall–Kier alpha value is -5.87. The van der Waals surface area contributed by atoms with Gasteiger partial charge in [-0.3, -0.25) is 4.98 Å². The van der Waals surface area contributed by atoms with Gasteiger partial charge in [0, 0.05) is 55.7 Å². The van der Waals surface area contributed by atoms with Crippen LogP contribution in [-0.2, 0) is 0 Å². The van der Waals surface area contributed by atoms with E-state index in [9.17, 15) is 0 Å². The van der Waals surface area contributed by atoms with Gasteiger partial charge in [-0.2, -0.15) is 0 Å². The van der Waals surface area contributed by atoms with E-state index in [2.05, 4.69) is 130 Å². The molecule has 200 valence electrons. The highest BCUT2D eigenvalue weighted by Gasteiger charge is 2.25. The molecule has 0 aliphatic rings. The molecule has 0 unspecified atom stereocenters. The quantitative estimate of drug-likeness (QED) is 0.215. The lowest BCUT2D eigenvalue weighted by molar-refractivity contribution is 0.668. The van der Waals surface area contributed by atoms with Gasteiger partial charge < -0.3 is 13.6 Å². The van der Waals surface area contributed by atoms with Gasteiger partial charge in [-0.1, -0.05) is 78.9 Å². The van der Waals surface area contributed by atoms with Crippen LogP contribution in [0.4, 0.5) is 0 Å². The van der Waals surface area contributed by atoms with Crippen LogP contribution in [-0.4, -0.2) is 14.1 Å². The molecule has 0 amide bonds. The molecule has 10 aromatic rings. The van der Waals surface area contributed by atoms with Crippen LogP contribution < -0.4 is 0 Å². The Bertz CT molecular complexity index is 2730. The van der Waals surface area contributed by atoms with Gasteiger partial charge in [-0.15, -0.1) is 0 Å². The molecule has 0 N–H and O–H groups in total. The predicted octanol–water partition coefficient (Wildman–Crippen LogP) is 10.3. The minimum atomic E-state index is 0.878. The fourth-order valence-electron chi connectivity index (χ4n) is 7.21. The number of furan rings is 1. The second kappa shape index (κ2) is 8.34. The van der Waals surface area contributed by atoms with Crippen molar-refractivity contribution < 1.29 is 4.42 Å². The van der Waals surface area contributed by atoms with Crippen LogP contribution in [0.2, 0.25) is 0 Å². The molecule has 4 heterocycles. The summed E-state index contributed by atoms with van der Waals surface area (Å²) in [6.45, 7) is 0. The van der Waals surface area contributed by atoms with Crippen molar-refractivity contribution in [1.29, 1.82) is 0 Å². The lowest BCUT2D eigenvalue weighted by Gasteiger charge is -2.13. The Morgan fingerprint density at radius 2 is 1.05 bits per heavy atom. The fourth-order valence-corrected chi connectivity index (χ4v) is 7.21. The SMILES string of the molecule is c1ccc(-n2c3ccccc3c3c4cccnc4c4c5ccccc5n(-c5ccc6c(c5)oc5ccccc56)c4c32)cc1. The molecular formula is C39H23N3O. The number of aromatic nitrogens is 3. The average Bonchev–Trinajstić information content (AvgIpc) is 3.73. The minimum absolute atomic E-state index is 0.878. The van der Waals surface area contributed by atoms with Gasteiger partial charge in [0.15, 0.2) is 0 Å². The zero-order chi connectivity index (χ0) is 28.1. The molecule has 4 aromatic heterocycles. The topological polar surface area (TPSA) is 35.9 Å². The largest absolute Gasteiger partial charge is 0.456 e. The summed E-state index contributed by atoms with van der Waals surface area (Å²) in [4.78, 5) is 5.04. The van der Waals surface area contributed by atoms with E-state index in [0.717, 1.165) is 60.6 Å². The molecular weight excluding hydrogens is 526 g/mol. The summed E-state index contributed by atoms with van der Waals surface area (Å²) >= 11 is 0. The molecule has 0 radical (unpaired) electrons. The monoisotopic (exact) mass is 549 g/mol. The van der Waals surface area contributed by atoms with Gasteiger partial charge >= 0.3 is 0 Å². The lowest BCUT2D eigenvalue weighted by atomic mass is 10.0. The van der Waals surface area contributed by atoms with Gasteiger partial charge in [-0.05, 0) is 48.5 Å². The molecule has 6 aromatic carbocycles. The number of nitrogens with zero attached hydrogens (tertiary/aromatic N) is 3. The van der Waals surface area contributed by atoms with Crippen LogP contribution in [0.5, 0.6) is 0 Å². The van der Waals surface area contributed by atoms with Crippen molar-refractivity contribution in [2.45, 2.75) is 0 Å². The zero-order valence-corrected chi connectivity index (χ0v) is 23.0. The molecule has 43 heavy (non-hydrogen) atoms. The fraction of sp³-hybridized carbons (Fsp3) is 0. The number of hydrogen-bond acceptors (Lipinski definition) is 2. The molecule has 4 heteroatoms. The molecule has 4 nitrogen and oxygen atoms in total. The third kappa shape index (κ3) is 2.97. The summed E-state index contributed by atoms with van der Waals surface area (Å²) in [6, 6.07) is 47.2. The molecule has 0 saturated carbocycles. The predicted molar refractivity (Wildman–Crippen MR) is 178 cm³/mol. The molecule has 0 bridgehead atoms. The van der Waals surface area contributed by atoms with Crippen LogP contribution in [0.3, 0.4) is 0 Å². The van der Waals surface area contributed by atoms with Crippen molar-refractivity contribution in [3.63, 3.8) is 0 Å². The summed E-state index contributed by atoms with van der Waals surface area (Å²) in [5.41, 5.74) is 9.59. The van der Waals surface area contributed by atoms with Gasteiger partial charge in [-0.25, -0.2) is 0 Å². The van der Waals surface area contributed by atoms with Crippen molar-refractivity contribution in [3.8, 4) is 11.4 Å². The smallest absolute Gasteiger partial charge is 0.137 e. The number of para-hydroxylation sites is 4. The van der Waals surface area contributed by atoms with E-state index < -0.39 is 0 Å². The van der Waals surface area contributed by atoms with Crippen molar-refractivity contribution in [1.82, 2.24) is 14.1 Å². The van der Waals surface area contributed by atoms with E-state index in [4.69, 9.17) is 9.40 Å². The van der Waals surface area contributed by atoms with Crippen LogP contribution in [0.25, 0.3) is 87.8 Å². The number of benzene rings is 6. The molecule has 0 saturated heterocycles. The van der Waals surface area contributed by atoms with Crippen molar-refractivity contribution >= 4 is 76.5 Å². The number of fused-ring (bicyclic) bond motifs is 13. The van der Waals surface area contributed by atoms with Crippen LogP contribution >= 0.6 is 0 Å². The lowest BCUT2D eigenvalue weighted by Crippen LogP contribution is -1.99. The van der Waals surface area contributed by atoms with Crippen molar-refractivity contribution in [2.75, 3.05) is 0 Å². The van der Waals surface area contributed by atoms with Crippen LogP contribution in [0.1, 0.15) is 0 Å². The molecule has 0 aliphatic heterocycles. The maximum atomic E-state index is 6.38.